The molecule has 2 N–H and O–H groups in total. The smallest absolute Gasteiger partial charge is 0.318 e. The number of amides is 2. The fraction of sp³-hybridized carbons (Fsp3) is 0.167. The lowest BCUT2D eigenvalue weighted by Gasteiger charge is -2.07. The van der Waals surface area contributed by atoms with E-state index in [-0.39, 0.29) is 0 Å². The van der Waals surface area contributed by atoms with Crippen LogP contribution in [0.3, 0.4) is 0 Å². The van der Waals surface area contributed by atoms with Crippen LogP contribution in [0, 0.1) is 6.92 Å². The van der Waals surface area contributed by atoms with Crippen LogP contribution in [-0.2, 0) is 9.59 Å². The van der Waals surface area contributed by atoms with Crippen molar-refractivity contribution in [2.24, 2.45) is 5.10 Å². The fourth-order valence-electron chi connectivity index (χ4n) is 2.02. The fourth-order valence-corrected chi connectivity index (χ4v) is 2.32. The number of halogens is 2. The molecule has 0 saturated heterocycles. The SMILES string of the molecule is CC/C(=N/NC(=O)C(=O)Nc1ccc(C)cc1)c1ccc(Cl)c(Cl)c1. The van der Waals surface area contributed by atoms with E-state index < -0.39 is 11.8 Å². The van der Waals surface area contributed by atoms with Crippen molar-refractivity contribution in [3.63, 3.8) is 0 Å². The molecule has 2 rings (SSSR count). The van der Waals surface area contributed by atoms with Crippen LogP contribution >= 0.6 is 23.2 Å². The Morgan fingerprint density at radius 3 is 2.28 bits per heavy atom. The molecule has 5 nitrogen and oxygen atoms in total. The van der Waals surface area contributed by atoms with Crippen LogP contribution < -0.4 is 10.7 Å². The molecule has 0 heterocycles. The van der Waals surface area contributed by atoms with Gasteiger partial charge >= 0.3 is 11.8 Å². The highest BCUT2D eigenvalue weighted by Gasteiger charge is 2.14. The zero-order valence-electron chi connectivity index (χ0n) is 13.8. The molecule has 0 aliphatic heterocycles. The molecule has 0 saturated carbocycles. The lowest BCUT2D eigenvalue weighted by molar-refractivity contribution is -0.136. The molecular weight excluding hydrogens is 361 g/mol. The lowest BCUT2D eigenvalue weighted by atomic mass is 10.1. The number of nitrogens with zero attached hydrogens (tertiary/aromatic N) is 1. The first-order valence-electron chi connectivity index (χ1n) is 7.60. The van der Waals surface area contributed by atoms with Crippen LogP contribution in [0.5, 0.6) is 0 Å². The molecule has 0 fully saturated rings. The molecule has 0 atom stereocenters. The molecular formula is C18H17Cl2N3O2. The zero-order valence-corrected chi connectivity index (χ0v) is 15.3. The van der Waals surface area contributed by atoms with Gasteiger partial charge < -0.3 is 5.32 Å². The molecule has 0 radical (unpaired) electrons. The van der Waals surface area contributed by atoms with E-state index in [2.05, 4.69) is 15.8 Å². The third-order valence-electron chi connectivity index (χ3n) is 3.40. The molecule has 2 aromatic carbocycles. The Morgan fingerprint density at radius 1 is 1.00 bits per heavy atom. The van der Waals surface area contributed by atoms with E-state index >= 15 is 0 Å². The van der Waals surface area contributed by atoms with Gasteiger partial charge in [-0.3, -0.25) is 9.59 Å². The molecule has 7 heteroatoms. The van der Waals surface area contributed by atoms with Crippen LogP contribution in [0.4, 0.5) is 5.69 Å². The van der Waals surface area contributed by atoms with Gasteiger partial charge in [0.1, 0.15) is 0 Å². The van der Waals surface area contributed by atoms with E-state index in [1.54, 1.807) is 30.3 Å². The monoisotopic (exact) mass is 377 g/mol. The third kappa shape index (κ3) is 5.31. The van der Waals surface area contributed by atoms with E-state index in [1.807, 2.05) is 26.0 Å². The quantitative estimate of drug-likeness (QED) is 0.476. The van der Waals surface area contributed by atoms with Crippen LogP contribution in [0.1, 0.15) is 24.5 Å². The normalized spacial score (nSPS) is 11.1. The minimum Gasteiger partial charge on any atom is -0.318 e. The summed E-state index contributed by atoms with van der Waals surface area (Å²) in [5.74, 6) is -1.65. The highest BCUT2D eigenvalue weighted by Crippen LogP contribution is 2.23. The average molecular weight is 378 g/mol. The largest absolute Gasteiger partial charge is 0.329 e. The second-order valence-corrected chi connectivity index (χ2v) is 6.12. The van der Waals surface area contributed by atoms with Gasteiger partial charge in [0.15, 0.2) is 0 Å². The van der Waals surface area contributed by atoms with Crippen LogP contribution in [0.15, 0.2) is 47.6 Å². The number of hydrogen-bond donors (Lipinski definition) is 2. The van der Waals surface area contributed by atoms with Gasteiger partial charge in [-0.25, -0.2) is 5.43 Å². The van der Waals surface area contributed by atoms with Gasteiger partial charge in [-0.2, -0.15) is 5.10 Å². The van der Waals surface area contributed by atoms with E-state index in [9.17, 15) is 9.59 Å². The predicted octanol–water partition coefficient (Wildman–Crippen LogP) is 4.17. The van der Waals surface area contributed by atoms with Gasteiger partial charge in [0, 0.05) is 5.69 Å². The Morgan fingerprint density at radius 2 is 1.68 bits per heavy atom. The minimum atomic E-state index is -0.855. The van der Waals surface area contributed by atoms with E-state index in [1.165, 1.54) is 0 Å². The molecule has 0 spiro atoms. The maximum Gasteiger partial charge on any atom is 0.329 e. The summed E-state index contributed by atoms with van der Waals surface area (Å²) in [6, 6.07) is 12.2. The Bertz CT molecular complexity index is 818. The molecule has 0 aliphatic carbocycles. The highest BCUT2D eigenvalue weighted by molar-refractivity contribution is 6.42. The van der Waals surface area contributed by atoms with Crippen LogP contribution in [0.2, 0.25) is 10.0 Å². The molecule has 0 unspecified atom stereocenters. The van der Waals surface area contributed by atoms with Gasteiger partial charge in [0.2, 0.25) is 0 Å². The Balaban J connectivity index is 2.04. The summed E-state index contributed by atoms with van der Waals surface area (Å²) in [5.41, 5.74) is 5.15. The van der Waals surface area contributed by atoms with Crippen molar-refractivity contribution in [2.75, 3.05) is 5.32 Å². The summed E-state index contributed by atoms with van der Waals surface area (Å²) in [4.78, 5) is 23.8. The van der Waals surface area contributed by atoms with Crippen molar-refractivity contribution in [3.05, 3.63) is 63.6 Å². The van der Waals surface area contributed by atoms with Crippen LogP contribution in [-0.4, -0.2) is 17.5 Å². The Hall–Kier alpha value is -2.37. The number of benzene rings is 2. The Kier molecular flexibility index (Phi) is 6.56. The predicted molar refractivity (Wildman–Crippen MR) is 101 cm³/mol. The van der Waals surface area contributed by atoms with Gasteiger partial charge in [-0.1, -0.05) is 53.9 Å². The summed E-state index contributed by atoms with van der Waals surface area (Å²) < 4.78 is 0. The molecule has 25 heavy (non-hydrogen) atoms. The first kappa shape index (κ1) is 19.0. The number of carbonyl (C=O) groups is 2. The second kappa shape index (κ2) is 8.65. The highest BCUT2D eigenvalue weighted by atomic mass is 35.5. The minimum absolute atomic E-state index is 0.392. The molecule has 0 bridgehead atoms. The number of rotatable bonds is 4. The van der Waals surface area contributed by atoms with Gasteiger partial charge in [0.25, 0.3) is 0 Å². The topological polar surface area (TPSA) is 70.6 Å². The van der Waals surface area contributed by atoms with Crippen molar-refractivity contribution in [2.45, 2.75) is 20.3 Å². The van der Waals surface area contributed by atoms with E-state index in [4.69, 9.17) is 23.2 Å². The van der Waals surface area contributed by atoms with Gasteiger partial charge in [-0.15, -0.1) is 0 Å². The van der Waals surface area contributed by atoms with Crippen molar-refractivity contribution in [1.29, 1.82) is 0 Å². The maximum absolute atomic E-state index is 11.9. The van der Waals surface area contributed by atoms with Crippen molar-refractivity contribution >= 4 is 46.4 Å². The number of nitrogens with one attached hydrogen (secondary N) is 2. The summed E-state index contributed by atoms with van der Waals surface area (Å²) in [5, 5.41) is 7.35. The Labute approximate surface area is 156 Å². The summed E-state index contributed by atoms with van der Waals surface area (Å²) >= 11 is 11.9. The number of hydrazone groups is 1. The molecule has 0 aliphatic rings. The molecule has 130 valence electrons. The lowest BCUT2D eigenvalue weighted by Crippen LogP contribution is -2.33. The van der Waals surface area contributed by atoms with E-state index in [0.717, 1.165) is 11.1 Å². The summed E-state index contributed by atoms with van der Waals surface area (Å²) in [6.45, 7) is 3.81. The number of hydrogen-bond acceptors (Lipinski definition) is 3. The molecule has 2 aromatic rings. The van der Waals surface area contributed by atoms with Crippen molar-refractivity contribution in [1.82, 2.24) is 5.43 Å². The average Bonchev–Trinajstić information content (AvgIpc) is 2.60. The third-order valence-corrected chi connectivity index (χ3v) is 4.13. The first-order chi connectivity index (χ1) is 11.9. The van der Waals surface area contributed by atoms with E-state index in [0.29, 0.717) is 27.9 Å². The molecule has 0 aromatic heterocycles. The summed E-state index contributed by atoms with van der Waals surface area (Å²) in [6.07, 6.45) is 0.540. The van der Waals surface area contributed by atoms with Crippen LogP contribution in [0.25, 0.3) is 0 Å². The standard InChI is InChI=1S/C18H17Cl2N3O2/c1-3-16(12-6-9-14(19)15(20)10-12)22-23-18(25)17(24)21-13-7-4-11(2)5-8-13/h4-10H,3H2,1-2H3,(H,21,24)(H,23,25)/b22-16-. The number of carbonyl (C=O) groups excluding carboxylic acids is 2. The molecule has 2 amide bonds. The first-order valence-corrected chi connectivity index (χ1v) is 8.36. The van der Waals surface area contributed by atoms with Gasteiger partial charge in [-0.05, 0) is 43.2 Å². The summed E-state index contributed by atoms with van der Waals surface area (Å²) in [7, 11) is 0. The van der Waals surface area contributed by atoms with Crippen molar-refractivity contribution in [3.8, 4) is 0 Å². The maximum atomic E-state index is 11.9. The van der Waals surface area contributed by atoms with Gasteiger partial charge in [0.05, 0.1) is 15.8 Å². The zero-order chi connectivity index (χ0) is 18.4. The number of aryl methyl sites for hydroxylation is 1. The van der Waals surface area contributed by atoms with Crippen molar-refractivity contribution < 1.29 is 9.59 Å². The number of anilines is 1. The second-order valence-electron chi connectivity index (χ2n) is 5.30.